The van der Waals surface area contributed by atoms with Gasteiger partial charge in [-0.2, -0.15) is 11.8 Å². The van der Waals surface area contributed by atoms with E-state index in [1.165, 1.54) is 17.3 Å². The number of carboxylic acids is 1. The summed E-state index contributed by atoms with van der Waals surface area (Å²) < 4.78 is 30.5. The van der Waals surface area contributed by atoms with E-state index in [2.05, 4.69) is 15.0 Å². The molecule has 4 aromatic rings. The molecule has 37 heavy (non-hydrogen) atoms. The minimum absolute atomic E-state index is 0.0728. The Kier molecular flexibility index (Phi) is 6.63. The van der Waals surface area contributed by atoms with E-state index in [4.69, 9.17) is 0 Å². The number of halogens is 2. The Hall–Kier alpha value is -3.51. The van der Waals surface area contributed by atoms with Crippen molar-refractivity contribution in [2.24, 2.45) is 0 Å². The van der Waals surface area contributed by atoms with Gasteiger partial charge in [0.2, 0.25) is 0 Å². The molecule has 1 saturated heterocycles. The average Bonchev–Trinajstić information content (AvgIpc) is 2.87. The smallest absolute Gasteiger partial charge is 0.354 e. The van der Waals surface area contributed by atoms with Gasteiger partial charge in [-0.3, -0.25) is 4.98 Å². The van der Waals surface area contributed by atoms with Gasteiger partial charge in [-0.15, -0.1) is 0 Å². The predicted molar refractivity (Wildman–Crippen MR) is 135 cm³/mol. The van der Waals surface area contributed by atoms with Gasteiger partial charge in [0, 0.05) is 41.9 Å². The van der Waals surface area contributed by atoms with Gasteiger partial charge in [-0.1, -0.05) is 12.1 Å². The molecular weight excluding hydrogens is 502 g/mol. The maximum atomic E-state index is 15.3. The Labute approximate surface area is 214 Å². The van der Waals surface area contributed by atoms with Crippen LogP contribution in [0, 0.1) is 18.6 Å². The van der Waals surface area contributed by atoms with Crippen molar-refractivity contribution in [3.05, 3.63) is 77.2 Å². The van der Waals surface area contributed by atoms with Gasteiger partial charge in [0.25, 0.3) is 5.91 Å². The lowest BCUT2D eigenvalue weighted by molar-refractivity contribution is -0.276. The van der Waals surface area contributed by atoms with E-state index in [1.54, 1.807) is 43.0 Å². The van der Waals surface area contributed by atoms with Crippen molar-refractivity contribution < 1.29 is 28.9 Å². The number of benzene rings is 2. The first-order chi connectivity index (χ1) is 17.7. The third kappa shape index (κ3) is 4.66. The molecule has 5 rings (SSSR count). The van der Waals surface area contributed by atoms with E-state index in [1.807, 2.05) is 0 Å². The van der Waals surface area contributed by atoms with E-state index in [0.29, 0.717) is 44.9 Å². The first-order valence-corrected chi connectivity index (χ1v) is 12.6. The molecule has 8 nitrogen and oxygen atoms in total. The maximum Gasteiger partial charge on any atom is 0.354 e. The summed E-state index contributed by atoms with van der Waals surface area (Å²) in [6.45, 7) is 2.18. The van der Waals surface area contributed by atoms with Crippen molar-refractivity contribution in [3.8, 4) is 22.4 Å². The number of nitrogens with zero attached hydrogens (tertiary/aromatic N) is 4. The quantitative estimate of drug-likeness (QED) is 0.335. The average molecular weight is 525 g/mol. The zero-order valence-electron chi connectivity index (χ0n) is 19.7. The topological polar surface area (TPSA) is 120 Å². The predicted octanol–water partition coefficient (Wildman–Crippen LogP) is 3.79. The van der Waals surface area contributed by atoms with Crippen molar-refractivity contribution in [1.29, 1.82) is 0 Å². The van der Waals surface area contributed by atoms with E-state index < -0.39 is 29.1 Å². The van der Waals surface area contributed by atoms with Gasteiger partial charge >= 0.3 is 5.97 Å². The molecule has 0 aliphatic carbocycles. The molecular formula is C26H22F2N4O4S. The molecule has 0 amide bonds. The third-order valence-electron chi connectivity index (χ3n) is 6.29. The molecule has 0 radical (unpaired) electrons. The highest BCUT2D eigenvalue weighted by Crippen LogP contribution is 2.35. The van der Waals surface area contributed by atoms with Crippen LogP contribution in [0.1, 0.15) is 21.6 Å². The number of hydrogen-bond acceptors (Lipinski definition) is 8. The second-order valence-corrected chi connectivity index (χ2v) is 9.90. The second-order valence-electron chi connectivity index (χ2n) is 8.67. The summed E-state index contributed by atoms with van der Waals surface area (Å²) in [6, 6.07) is 8.75. The van der Waals surface area contributed by atoms with Crippen molar-refractivity contribution in [1.82, 2.24) is 19.9 Å². The van der Waals surface area contributed by atoms with Gasteiger partial charge in [0.05, 0.1) is 28.5 Å². The fraction of sp³-hybridized carbons (Fsp3) is 0.231. The number of para-hydroxylation sites is 1. The highest BCUT2D eigenvalue weighted by molar-refractivity contribution is 7.99. The van der Waals surface area contributed by atoms with Crippen LogP contribution in [0.15, 0.2) is 48.8 Å². The Bertz CT molecular complexity index is 1500. The van der Waals surface area contributed by atoms with Crippen LogP contribution in [0.25, 0.3) is 33.4 Å². The molecule has 1 aliphatic rings. The molecule has 11 heteroatoms. The number of aromatic carboxylic acids is 1. The number of rotatable bonds is 5. The summed E-state index contributed by atoms with van der Waals surface area (Å²) in [6.07, 6.45) is 2.89. The SMILES string of the molecule is Cc1cc(-c2cnc3cccc(-c4cc(F)c(C(O)(O)N5CCSCC5)c(F)c4)c3n2)cnc1C(=O)O. The standard InChI is InChI=1S/C26H22F2N4O4S/c1-14-9-16(12-30-23(14)25(33)34)21-13-29-20-4-2-3-17(24(20)31-21)15-10-18(27)22(19(28)11-15)26(35,36)32-5-7-37-8-6-32/h2-4,9-13,35-36H,5-8H2,1H3,(H,33,34). The van der Waals surface area contributed by atoms with Gasteiger partial charge in [-0.05, 0) is 42.3 Å². The van der Waals surface area contributed by atoms with Crippen LogP contribution in [0.2, 0.25) is 0 Å². The molecule has 2 aromatic heterocycles. The van der Waals surface area contributed by atoms with Crippen LogP contribution in [-0.2, 0) is 5.91 Å². The summed E-state index contributed by atoms with van der Waals surface area (Å²) >= 11 is 1.63. The first-order valence-electron chi connectivity index (χ1n) is 11.4. The molecule has 2 aromatic carbocycles. The minimum atomic E-state index is -2.79. The third-order valence-corrected chi connectivity index (χ3v) is 7.23. The summed E-state index contributed by atoms with van der Waals surface area (Å²) in [4.78, 5) is 25.6. The molecule has 0 atom stereocenters. The highest BCUT2D eigenvalue weighted by Gasteiger charge is 2.40. The van der Waals surface area contributed by atoms with Crippen LogP contribution in [0.4, 0.5) is 8.78 Å². The number of pyridine rings is 1. The number of carbonyl (C=O) groups is 1. The molecule has 0 unspecified atom stereocenters. The molecule has 1 fully saturated rings. The maximum absolute atomic E-state index is 15.3. The number of carboxylic acid groups (broad SMARTS) is 1. The highest BCUT2D eigenvalue weighted by atomic mass is 32.2. The number of thioether (sulfide) groups is 1. The molecule has 0 spiro atoms. The van der Waals surface area contributed by atoms with Crippen LogP contribution in [-0.4, -0.2) is 65.7 Å². The number of fused-ring (bicyclic) bond motifs is 1. The number of aromatic nitrogens is 3. The van der Waals surface area contributed by atoms with Crippen LogP contribution in [0.3, 0.4) is 0 Å². The number of hydrogen-bond donors (Lipinski definition) is 3. The van der Waals surface area contributed by atoms with E-state index in [9.17, 15) is 20.1 Å². The van der Waals surface area contributed by atoms with Gasteiger partial charge < -0.3 is 15.3 Å². The van der Waals surface area contributed by atoms with Crippen molar-refractivity contribution in [2.45, 2.75) is 12.8 Å². The monoisotopic (exact) mass is 524 g/mol. The van der Waals surface area contributed by atoms with Crippen LogP contribution in [0.5, 0.6) is 0 Å². The Morgan fingerprint density at radius 1 is 1.03 bits per heavy atom. The lowest BCUT2D eigenvalue weighted by atomic mass is 9.99. The zero-order chi connectivity index (χ0) is 26.3. The minimum Gasteiger partial charge on any atom is -0.477 e. The molecule has 1 aliphatic heterocycles. The van der Waals surface area contributed by atoms with E-state index in [-0.39, 0.29) is 24.3 Å². The molecule has 3 heterocycles. The van der Waals surface area contributed by atoms with Crippen LogP contribution >= 0.6 is 11.8 Å². The van der Waals surface area contributed by atoms with Crippen molar-refractivity contribution in [3.63, 3.8) is 0 Å². The summed E-state index contributed by atoms with van der Waals surface area (Å²) in [5, 5.41) is 30.6. The van der Waals surface area contributed by atoms with Gasteiger partial charge in [0.15, 0.2) is 5.69 Å². The Morgan fingerprint density at radius 3 is 2.38 bits per heavy atom. The summed E-state index contributed by atoms with van der Waals surface area (Å²) in [5.41, 5.74) is 1.86. The summed E-state index contributed by atoms with van der Waals surface area (Å²) in [7, 11) is 0. The molecule has 0 bridgehead atoms. The molecule has 0 saturated carbocycles. The summed E-state index contributed by atoms with van der Waals surface area (Å²) in [5.74, 6) is -4.87. The van der Waals surface area contributed by atoms with E-state index in [0.717, 1.165) is 12.1 Å². The van der Waals surface area contributed by atoms with E-state index >= 15 is 8.78 Å². The Balaban J connectivity index is 1.59. The normalized spacial score (nSPS) is 14.7. The second kappa shape index (κ2) is 9.75. The van der Waals surface area contributed by atoms with Gasteiger partial charge in [-0.25, -0.2) is 28.4 Å². The lowest BCUT2D eigenvalue weighted by Crippen LogP contribution is -2.50. The lowest BCUT2D eigenvalue weighted by Gasteiger charge is -2.37. The van der Waals surface area contributed by atoms with Crippen molar-refractivity contribution >= 4 is 28.8 Å². The van der Waals surface area contributed by atoms with Crippen LogP contribution < -0.4 is 0 Å². The largest absolute Gasteiger partial charge is 0.477 e. The molecule has 3 N–H and O–H groups in total. The Morgan fingerprint density at radius 2 is 1.73 bits per heavy atom. The number of aryl methyl sites for hydroxylation is 1. The van der Waals surface area contributed by atoms with Gasteiger partial charge in [0.1, 0.15) is 11.6 Å². The van der Waals surface area contributed by atoms with Crippen molar-refractivity contribution in [2.75, 3.05) is 24.6 Å². The fourth-order valence-electron chi connectivity index (χ4n) is 4.43. The molecule has 190 valence electrons. The first kappa shape index (κ1) is 25.2. The number of aliphatic hydroxyl groups is 2. The fourth-order valence-corrected chi connectivity index (χ4v) is 5.33. The zero-order valence-corrected chi connectivity index (χ0v) is 20.5.